The normalized spacial score (nSPS) is 16.7. The lowest BCUT2D eigenvalue weighted by Gasteiger charge is -2.33. The second kappa shape index (κ2) is 10.5. The van der Waals surface area contributed by atoms with Crippen LogP contribution in [-0.4, -0.2) is 87.2 Å². The number of amides is 2. The van der Waals surface area contributed by atoms with E-state index in [2.05, 4.69) is 20.4 Å². The average molecular weight is 314 g/mol. The summed E-state index contributed by atoms with van der Waals surface area (Å²) in [7, 11) is 1.66. The topological polar surface area (TPSA) is 73.9 Å². The minimum atomic E-state index is 0.0575. The summed E-state index contributed by atoms with van der Waals surface area (Å²) in [5, 5.41) is 5.79. The van der Waals surface area contributed by atoms with Crippen molar-refractivity contribution in [3.63, 3.8) is 0 Å². The summed E-state index contributed by atoms with van der Waals surface area (Å²) in [5.74, 6) is 0.126. The van der Waals surface area contributed by atoms with Gasteiger partial charge in [0, 0.05) is 52.5 Å². The van der Waals surface area contributed by atoms with Crippen molar-refractivity contribution in [1.29, 1.82) is 0 Å². The van der Waals surface area contributed by atoms with Gasteiger partial charge < -0.3 is 15.4 Å². The Morgan fingerprint density at radius 3 is 2.09 bits per heavy atom. The number of piperazine rings is 1. The SMILES string of the molecule is COCCCNC(=O)CN1CCN(CC(=O)NC(C)C)CC1. The Morgan fingerprint density at radius 2 is 1.59 bits per heavy atom. The summed E-state index contributed by atoms with van der Waals surface area (Å²) in [6.07, 6.45) is 0.834. The van der Waals surface area contributed by atoms with Gasteiger partial charge in [0.05, 0.1) is 13.1 Å². The van der Waals surface area contributed by atoms with Crippen LogP contribution in [0.5, 0.6) is 0 Å². The van der Waals surface area contributed by atoms with Crippen molar-refractivity contribution in [3.05, 3.63) is 0 Å². The van der Waals surface area contributed by atoms with E-state index in [-0.39, 0.29) is 17.9 Å². The molecule has 0 atom stereocenters. The molecule has 22 heavy (non-hydrogen) atoms. The van der Waals surface area contributed by atoms with Crippen molar-refractivity contribution in [1.82, 2.24) is 20.4 Å². The fraction of sp³-hybridized carbons (Fsp3) is 0.867. The number of nitrogens with one attached hydrogen (secondary N) is 2. The highest BCUT2D eigenvalue weighted by molar-refractivity contribution is 5.78. The molecule has 0 spiro atoms. The van der Waals surface area contributed by atoms with Gasteiger partial charge in [0.1, 0.15) is 0 Å². The molecule has 0 aliphatic carbocycles. The van der Waals surface area contributed by atoms with Crippen LogP contribution in [0.4, 0.5) is 0 Å². The van der Waals surface area contributed by atoms with E-state index in [1.54, 1.807) is 7.11 Å². The van der Waals surface area contributed by atoms with Crippen molar-refractivity contribution in [2.75, 3.05) is 59.5 Å². The third-order valence-electron chi connectivity index (χ3n) is 3.50. The second-order valence-corrected chi connectivity index (χ2v) is 5.97. The van der Waals surface area contributed by atoms with Gasteiger partial charge in [-0.1, -0.05) is 0 Å². The zero-order chi connectivity index (χ0) is 16.4. The molecule has 0 aromatic heterocycles. The Balaban J connectivity index is 2.14. The number of ether oxygens (including phenoxy) is 1. The van der Waals surface area contributed by atoms with E-state index in [1.165, 1.54) is 0 Å². The maximum absolute atomic E-state index is 11.8. The summed E-state index contributed by atoms with van der Waals surface area (Å²) in [6, 6.07) is 0.176. The summed E-state index contributed by atoms with van der Waals surface area (Å²) in [4.78, 5) is 27.8. The van der Waals surface area contributed by atoms with Crippen molar-refractivity contribution in [2.45, 2.75) is 26.3 Å². The predicted octanol–water partition coefficient (Wildman–Crippen LogP) is -0.719. The van der Waals surface area contributed by atoms with Crippen LogP contribution in [-0.2, 0) is 14.3 Å². The summed E-state index contributed by atoms with van der Waals surface area (Å²) >= 11 is 0. The van der Waals surface area contributed by atoms with E-state index in [9.17, 15) is 9.59 Å². The summed E-state index contributed by atoms with van der Waals surface area (Å²) < 4.78 is 4.94. The number of hydrogen-bond donors (Lipinski definition) is 2. The Kier molecular flexibility index (Phi) is 9.03. The Morgan fingerprint density at radius 1 is 1.05 bits per heavy atom. The molecule has 0 aromatic carbocycles. The second-order valence-electron chi connectivity index (χ2n) is 5.97. The van der Waals surface area contributed by atoms with Gasteiger partial charge in [-0.3, -0.25) is 19.4 Å². The molecule has 1 fully saturated rings. The van der Waals surface area contributed by atoms with Crippen LogP contribution >= 0.6 is 0 Å². The Bertz CT molecular complexity index is 342. The lowest BCUT2D eigenvalue weighted by atomic mass is 10.3. The van der Waals surface area contributed by atoms with Gasteiger partial charge in [-0.15, -0.1) is 0 Å². The molecule has 0 unspecified atom stereocenters. The Hall–Kier alpha value is -1.18. The average Bonchev–Trinajstić information content (AvgIpc) is 2.45. The number of rotatable bonds is 9. The number of methoxy groups -OCH3 is 1. The number of nitrogens with zero attached hydrogens (tertiary/aromatic N) is 2. The number of carbonyl (C=O) groups excluding carboxylic acids is 2. The number of carbonyl (C=O) groups is 2. The van der Waals surface area contributed by atoms with Gasteiger partial charge in [0.2, 0.25) is 11.8 Å². The highest BCUT2D eigenvalue weighted by Crippen LogP contribution is 2.01. The zero-order valence-corrected chi connectivity index (χ0v) is 14.1. The van der Waals surface area contributed by atoms with Crippen molar-refractivity contribution < 1.29 is 14.3 Å². The Labute approximate surface area is 133 Å². The van der Waals surface area contributed by atoms with Gasteiger partial charge in [0.15, 0.2) is 0 Å². The van der Waals surface area contributed by atoms with E-state index < -0.39 is 0 Å². The third kappa shape index (κ3) is 8.31. The van der Waals surface area contributed by atoms with Gasteiger partial charge in [0.25, 0.3) is 0 Å². The first kappa shape index (κ1) is 18.9. The van der Waals surface area contributed by atoms with E-state index in [1.807, 2.05) is 13.8 Å². The molecule has 2 N–H and O–H groups in total. The number of hydrogen-bond acceptors (Lipinski definition) is 5. The monoisotopic (exact) mass is 314 g/mol. The third-order valence-corrected chi connectivity index (χ3v) is 3.50. The molecule has 1 aliphatic rings. The van der Waals surface area contributed by atoms with Crippen LogP contribution < -0.4 is 10.6 Å². The quantitative estimate of drug-likeness (QED) is 0.550. The first-order valence-electron chi connectivity index (χ1n) is 8.01. The predicted molar refractivity (Wildman–Crippen MR) is 85.7 cm³/mol. The standard InChI is InChI=1S/C15H30N4O3/c1-13(2)17-15(21)12-19-8-6-18(7-9-19)11-14(20)16-5-4-10-22-3/h13H,4-12H2,1-3H3,(H,16,20)(H,17,21). The molecule has 0 saturated carbocycles. The molecule has 1 saturated heterocycles. The lowest BCUT2D eigenvalue weighted by Crippen LogP contribution is -2.52. The highest BCUT2D eigenvalue weighted by atomic mass is 16.5. The molecule has 0 radical (unpaired) electrons. The smallest absolute Gasteiger partial charge is 0.234 e. The van der Waals surface area contributed by atoms with Gasteiger partial charge in [-0.05, 0) is 20.3 Å². The first-order valence-corrected chi connectivity index (χ1v) is 8.01. The van der Waals surface area contributed by atoms with Crippen LogP contribution in [0.2, 0.25) is 0 Å². The van der Waals surface area contributed by atoms with Crippen LogP contribution in [0.15, 0.2) is 0 Å². The maximum Gasteiger partial charge on any atom is 0.234 e. The summed E-state index contributed by atoms with van der Waals surface area (Å²) in [6.45, 7) is 9.39. The fourth-order valence-electron chi connectivity index (χ4n) is 2.38. The molecule has 7 heteroatoms. The molecule has 128 valence electrons. The minimum absolute atomic E-state index is 0.0575. The van der Waals surface area contributed by atoms with Crippen molar-refractivity contribution in [3.8, 4) is 0 Å². The van der Waals surface area contributed by atoms with Crippen molar-refractivity contribution in [2.24, 2.45) is 0 Å². The molecule has 2 amide bonds. The van der Waals surface area contributed by atoms with E-state index in [4.69, 9.17) is 4.74 Å². The molecule has 1 rings (SSSR count). The van der Waals surface area contributed by atoms with Crippen LogP contribution in [0.3, 0.4) is 0 Å². The minimum Gasteiger partial charge on any atom is -0.385 e. The van der Waals surface area contributed by atoms with Gasteiger partial charge >= 0.3 is 0 Å². The van der Waals surface area contributed by atoms with Crippen LogP contribution in [0.1, 0.15) is 20.3 Å². The molecular weight excluding hydrogens is 284 g/mol. The maximum atomic E-state index is 11.8. The van der Waals surface area contributed by atoms with Crippen LogP contribution in [0, 0.1) is 0 Å². The fourth-order valence-corrected chi connectivity index (χ4v) is 2.38. The van der Waals surface area contributed by atoms with Gasteiger partial charge in [-0.2, -0.15) is 0 Å². The highest BCUT2D eigenvalue weighted by Gasteiger charge is 2.20. The lowest BCUT2D eigenvalue weighted by molar-refractivity contribution is -0.125. The van der Waals surface area contributed by atoms with Crippen LogP contribution in [0.25, 0.3) is 0 Å². The van der Waals surface area contributed by atoms with Gasteiger partial charge in [-0.25, -0.2) is 0 Å². The van der Waals surface area contributed by atoms with E-state index >= 15 is 0 Å². The van der Waals surface area contributed by atoms with E-state index in [0.29, 0.717) is 26.2 Å². The van der Waals surface area contributed by atoms with Crippen molar-refractivity contribution >= 4 is 11.8 Å². The molecule has 1 heterocycles. The molecule has 0 aromatic rings. The molecular formula is C15H30N4O3. The largest absolute Gasteiger partial charge is 0.385 e. The molecule has 1 aliphatic heterocycles. The zero-order valence-electron chi connectivity index (χ0n) is 14.1. The first-order chi connectivity index (χ1) is 10.5. The van der Waals surface area contributed by atoms with E-state index in [0.717, 1.165) is 32.6 Å². The molecule has 7 nitrogen and oxygen atoms in total. The molecule has 0 bridgehead atoms. The summed E-state index contributed by atoms with van der Waals surface area (Å²) in [5.41, 5.74) is 0.